The predicted molar refractivity (Wildman–Crippen MR) is 64.7 cm³/mol. The summed E-state index contributed by atoms with van der Waals surface area (Å²) in [5.74, 6) is -0.0756. The minimum absolute atomic E-state index is 0.0756. The van der Waals surface area contributed by atoms with E-state index in [2.05, 4.69) is 10.3 Å². The number of hydrogen-bond donors (Lipinski definition) is 2. The fourth-order valence-electron chi connectivity index (χ4n) is 1.56. The van der Waals surface area contributed by atoms with Gasteiger partial charge in [0.05, 0.1) is 12.3 Å². The van der Waals surface area contributed by atoms with E-state index in [4.69, 9.17) is 4.74 Å². The summed E-state index contributed by atoms with van der Waals surface area (Å²) in [4.78, 5) is 26.1. The predicted octanol–water partition coefficient (Wildman–Crippen LogP) is 0.856. The molecule has 1 aromatic heterocycles. The van der Waals surface area contributed by atoms with E-state index in [0.29, 0.717) is 24.3 Å². The molecule has 5 heteroatoms. The van der Waals surface area contributed by atoms with Gasteiger partial charge in [-0.1, -0.05) is 6.92 Å². The van der Waals surface area contributed by atoms with E-state index in [1.807, 2.05) is 6.92 Å². The maximum absolute atomic E-state index is 11.8. The topological polar surface area (TPSA) is 71.2 Å². The number of ether oxygens (including phenoxy) is 1. The molecule has 0 aromatic carbocycles. The minimum Gasteiger partial charge on any atom is -0.378 e. The summed E-state index contributed by atoms with van der Waals surface area (Å²) >= 11 is 0. The highest BCUT2D eigenvalue weighted by Gasteiger charge is 2.09. The van der Waals surface area contributed by atoms with Crippen LogP contribution >= 0.6 is 0 Å². The zero-order chi connectivity index (χ0) is 12.8. The SMILES string of the molecule is CCC(=O)NCc1c(COC)[nH]c(C)cc1=O. The van der Waals surface area contributed by atoms with Gasteiger partial charge in [-0.05, 0) is 6.92 Å². The molecule has 0 aliphatic heterocycles. The monoisotopic (exact) mass is 238 g/mol. The third-order valence-corrected chi connectivity index (χ3v) is 2.43. The highest BCUT2D eigenvalue weighted by molar-refractivity contribution is 5.75. The lowest BCUT2D eigenvalue weighted by Crippen LogP contribution is -2.27. The molecule has 17 heavy (non-hydrogen) atoms. The van der Waals surface area contributed by atoms with Crippen LogP contribution in [0.2, 0.25) is 0 Å². The zero-order valence-electron chi connectivity index (χ0n) is 10.4. The van der Waals surface area contributed by atoms with E-state index in [1.165, 1.54) is 6.07 Å². The standard InChI is InChI=1S/C12H18N2O3/c1-4-12(16)13-6-9-10(7-17-3)14-8(2)5-11(9)15/h5H,4,6-7H2,1-3H3,(H,13,16)(H,14,15). The van der Waals surface area contributed by atoms with Crippen molar-refractivity contribution in [2.45, 2.75) is 33.4 Å². The number of nitrogens with one attached hydrogen (secondary N) is 2. The molecule has 1 aromatic rings. The van der Waals surface area contributed by atoms with Crippen molar-refractivity contribution in [3.63, 3.8) is 0 Å². The van der Waals surface area contributed by atoms with E-state index >= 15 is 0 Å². The third kappa shape index (κ3) is 3.71. The van der Waals surface area contributed by atoms with E-state index < -0.39 is 0 Å². The van der Waals surface area contributed by atoms with E-state index in [9.17, 15) is 9.59 Å². The van der Waals surface area contributed by atoms with Gasteiger partial charge in [0.2, 0.25) is 5.91 Å². The first kappa shape index (κ1) is 13.4. The van der Waals surface area contributed by atoms with Gasteiger partial charge in [0.25, 0.3) is 0 Å². The summed E-state index contributed by atoms with van der Waals surface area (Å²) in [6.07, 6.45) is 0.406. The number of methoxy groups -OCH3 is 1. The molecule has 0 aliphatic carbocycles. The lowest BCUT2D eigenvalue weighted by Gasteiger charge is -2.10. The van der Waals surface area contributed by atoms with Gasteiger partial charge < -0.3 is 15.0 Å². The molecule has 0 spiro atoms. The van der Waals surface area contributed by atoms with Crippen LogP contribution in [0.3, 0.4) is 0 Å². The number of pyridine rings is 1. The van der Waals surface area contributed by atoms with E-state index in [-0.39, 0.29) is 17.9 Å². The second-order valence-electron chi connectivity index (χ2n) is 3.84. The number of carbonyl (C=O) groups is 1. The highest BCUT2D eigenvalue weighted by atomic mass is 16.5. The molecule has 0 saturated carbocycles. The van der Waals surface area contributed by atoms with Gasteiger partial charge in [-0.2, -0.15) is 0 Å². The Morgan fingerprint density at radius 1 is 1.53 bits per heavy atom. The number of H-pyrrole nitrogens is 1. The number of hydrogen-bond acceptors (Lipinski definition) is 3. The molecular weight excluding hydrogens is 220 g/mol. The van der Waals surface area contributed by atoms with Crippen molar-refractivity contribution in [1.82, 2.24) is 10.3 Å². The van der Waals surface area contributed by atoms with Crippen LogP contribution in [0.4, 0.5) is 0 Å². The minimum atomic E-state index is -0.0790. The van der Waals surface area contributed by atoms with Crippen molar-refractivity contribution < 1.29 is 9.53 Å². The summed E-state index contributed by atoms with van der Waals surface area (Å²) in [5, 5.41) is 2.69. The number of rotatable bonds is 5. The smallest absolute Gasteiger partial charge is 0.219 e. The fraction of sp³-hybridized carbons (Fsp3) is 0.500. The molecule has 0 radical (unpaired) electrons. The van der Waals surface area contributed by atoms with E-state index in [0.717, 1.165) is 5.69 Å². The second kappa shape index (κ2) is 6.20. The van der Waals surface area contributed by atoms with Crippen molar-refractivity contribution in [3.8, 4) is 0 Å². The Labute approximate surface area is 100 Å². The Morgan fingerprint density at radius 2 is 2.24 bits per heavy atom. The molecule has 0 unspecified atom stereocenters. The van der Waals surface area contributed by atoms with Crippen LogP contribution in [0.5, 0.6) is 0 Å². The Hall–Kier alpha value is -1.62. The fourth-order valence-corrected chi connectivity index (χ4v) is 1.56. The number of amides is 1. The maximum atomic E-state index is 11.8. The molecule has 2 N–H and O–H groups in total. The van der Waals surface area contributed by atoms with Crippen molar-refractivity contribution in [2.24, 2.45) is 0 Å². The average Bonchev–Trinajstić information content (AvgIpc) is 2.27. The first-order valence-corrected chi connectivity index (χ1v) is 5.55. The lowest BCUT2D eigenvalue weighted by atomic mass is 10.1. The normalized spacial score (nSPS) is 10.3. The summed E-state index contributed by atoms with van der Waals surface area (Å²) < 4.78 is 5.03. The molecule has 0 bridgehead atoms. The van der Waals surface area contributed by atoms with Crippen LogP contribution in [0.25, 0.3) is 0 Å². The van der Waals surface area contributed by atoms with Gasteiger partial charge in [-0.3, -0.25) is 9.59 Å². The molecule has 0 fully saturated rings. The van der Waals surface area contributed by atoms with Gasteiger partial charge in [-0.25, -0.2) is 0 Å². The maximum Gasteiger partial charge on any atom is 0.219 e. The number of aromatic nitrogens is 1. The molecule has 1 heterocycles. The van der Waals surface area contributed by atoms with Crippen molar-refractivity contribution >= 4 is 5.91 Å². The molecule has 94 valence electrons. The van der Waals surface area contributed by atoms with Crippen LogP contribution in [0.15, 0.2) is 10.9 Å². The molecule has 1 rings (SSSR count). The molecule has 5 nitrogen and oxygen atoms in total. The van der Waals surface area contributed by atoms with Crippen LogP contribution in [-0.2, 0) is 22.7 Å². The zero-order valence-corrected chi connectivity index (χ0v) is 10.4. The Balaban J connectivity index is 2.95. The summed E-state index contributed by atoms with van der Waals surface area (Å²) in [7, 11) is 1.56. The van der Waals surface area contributed by atoms with Crippen LogP contribution in [-0.4, -0.2) is 18.0 Å². The molecule has 0 aliphatic rings. The van der Waals surface area contributed by atoms with Gasteiger partial charge >= 0.3 is 0 Å². The quantitative estimate of drug-likeness (QED) is 0.799. The van der Waals surface area contributed by atoms with Gasteiger partial charge in [0.1, 0.15) is 0 Å². The molecular formula is C12H18N2O3. The van der Waals surface area contributed by atoms with Crippen molar-refractivity contribution in [1.29, 1.82) is 0 Å². The van der Waals surface area contributed by atoms with Gasteiger partial charge in [0, 0.05) is 37.4 Å². The average molecular weight is 238 g/mol. The first-order valence-electron chi connectivity index (χ1n) is 5.55. The largest absolute Gasteiger partial charge is 0.378 e. The van der Waals surface area contributed by atoms with Crippen LogP contribution in [0, 0.1) is 6.92 Å². The lowest BCUT2D eigenvalue weighted by molar-refractivity contribution is -0.120. The Bertz CT molecular complexity index is 452. The Kier molecular flexibility index (Phi) is 4.90. The Morgan fingerprint density at radius 3 is 2.82 bits per heavy atom. The molecule has 1 amide bonds. The van der Waals surface area contributed by atoms with E-state index in [1.54, 1.807) is 14.0 Å². The van der Waals surface area contributed by atoms with Crippen molar-refractivity contribution in [2.75, 3.05) is 7.11 Å². The molecule has 0 atom stereocenters. The van der Waals surface area contributed by atoms with Crippen LogP contribution < -0.4 is 10.7 Å². The molecule has 0 saturated heterocycles. The second-order valence-corrected chi connectivity index (χ2v) is 3.84. The number of aryl methyl sites for hydroxylation is 1. The van der Waals surface area contributed by atoms with Gasteiger partial charge in [-0.15, -0.1) is 0 Å². The number of aromatic amines is 1. The third-order valence-electron chi connectivity index (χ3n) is 2.43. The summed E-state index contributed by atoms with van der Waals surface area (Å²) in [6, 6.07) is 1.52. The van der Waals surface area contributed by atoms with Crippen molar-refractivity contribution in [3.05, 3.63) is 33.2 Å². The summed E-state index contributed by atoms with van der Waals surface area (Å²) in [5.41, 5.74) is 1.98. The first-order chi connectivity index (χ1) is 8.08. The van der Waals surface area contributed by atoms with Gasteiger partial charge in [0.15, 0.2) is 5.43 Å². The van der Waals surface area contributed by atoms with Crippen LogP contribution in [0.1, 0.15) is 30.3 Å². The summed E-state index contributed by atoms with van der Waals surface area (Å²) in [6.45, 7) is 4.15. The number of carbonyl (C=O) groups excluding carboxylic acids is 1. The highest BCUT2D eigenvalue weighted by Crippen LogP contribution is 2.04.